The fourth-order valence-electron chi connectivity index (χ4n) is 1.87. The summed E-state index contributed by atoms with van der Waals surface area (Å²) in [6.45, 7) is 12.3. The molecular weight excluding hydrogens is 194 g/mol. The quantitative estimate of drug-likeness (QED) is 0.577. The van der Waals surface area contributed by atoms with E-state index in [1.807, 2.05) is 41.5 Å². The molecule has 0 aromatic carbocycles. The number of alkyl halides is 1. The van der Waals surface area contributed by atoms with Gasteiger partial charge < -0.3 is 9.47 Å². The summed E-state index contributed by atoms with van der Waals surface area (Å²) < 4.78 is 24.5. The van der Waals surface area contributed by atoms with Gasteiger partial charge in [-0.25, -0.2) is 0 Å². The van der Waals surface area contributed by atoms with Crippen molar-refractivity contribution in [2.75, 3.05) is 0 Å². The predicted molar refractivity (Wildman–Crippen MR) is 61.0 cm³/mol. The van der Waals surface area contributed by atoms with E-state index in [0.717, 1.165) is 0 Å². The van der Waals surface area contributed by atoms with E-state index in [4.69, 9.17) is 9.47 Å². The predicted octanol–water partition coefficient (Wildman–Crippen LogP) is 2.08. The fraction of sp³-hybridized carbons (Fsp3) is 1.00. The average molecular weight is 216 g/mol. The van der Waals surface area contributed by atoms with Crippen LogP contribution in [0.2, 0.25) is 0 Å². The van der Waals surface area contributed by atoms with Crippen LogP contribution >= 0.6 is 0 Å². The number of ether oxygens (including phenoxy) is 2. The Kier molecular flexibility index (Phi) is 2.99. The van der Waals surface area contributed by atoms with E-state index < -0.39 is 5.94 Å². The Morgan fingerprint density at radius 1 is 0.933 bits per heavy atom. The van der Waals surface area contributed by atoms with Crippen molar-refractivity contribution < 1.29 is 13.9 Å². The van der Waals surface area contributed by atoms with Gasteiger partial charge in [-0.2, -0.15) is 4.39 Å². The van der Waals surface area contributed by atoms with Crippen molar-refractivity contribution in [2.24, 2.45) is 10.8 Å². The molecule has 1 saturated heterocycles. The third-order valence-corrected chi connectivity index (χ3v) is 2.66. The second kappa shape index (κ2) is 3.46. The second-order valence-corrected chi connectivity index (χ2v) is 6.64. The van der Waals surface area contributed by atoms with Crippen molar-refractivity contribution in [1.82, 2.24) is 0 Å². The Hall–Kier alpha value is -0.0851. The van der Waals surface area contributed by atoms with Crippen molar-refractivity contribution in [3.63, 3.8) is 0 Å². The van der Waals surface area contributed by atoms with Crippen molar-refractivity contribution in [3.8, 4) is 0 Å². The van der Waals surface area contributed by atoms with Crippen LogP contribution in [-0.4, -0.2) is 26.0 Å². The molecule has 0 radical (unpaired) electrons. The zero-order valence-electron chi connectivity index (χ0n) is 10.8. The number of halogens is 1. The van der Waals surface area contributed by atoms with Crippen molar-refractivity contribution >= 4 is 7.85 Å². The van der Waals surface area contributed by atoms with Crippen LogP contribution in [0.15, 0.2) is 0 Å². The monoisotopic (exact) mass is 216 g/mol. The summed E-state index contributed by atoms with van der Waals surface area (Å²) in [5, 5.41) is 0. The molecule has 4 heteroatoms. The molecule has 0 aromatic rings. The van der Waals surface area contributed by atoms with Gasteiger partial charge in [0.25, 0.3) is 5.94 Å². The van der Waals surface area contributed by atoms with Gasteiger partial charge in [0.1, 0.15) is 0 Å². The molecule has 0 spiro atoms. The lowest BCUT2D eigenvalue weighted by molar-refractivity contribution is -0.210. The van der Waals surface area contributed by atoms with Crippen LogP contribution < -0.4 is 0 Å². The molecule has 0 saturated carbocycles. The van der Waals surface area contributed by atoms with Gasteiger partial charge in [-0.15, -0.1) is 0 Å². The molecule has 1 aliphatic rings. The normalized spacial score (nSPS) is 38.3. The largest absolute Gasteiger partial charge is 0.326 e. The molecule has 88 valence electrons. The maximum absolute atomic E-state index is 13.7. The molecule has 15 heavy (non-hydrogen) atoms. The standard InChI is InChI=1S/C11H22BFO2/c1-9(2,3)7-8(10(4,5)6)15-11(12,13)14-7/h7-8H,12H2,1-6H3. The van der Waals surface area contributed by atoms with Crippen LogP contribution in [-0.2, 0) is 9.47 Å². The molecule has 1 fully saturated rings. The van der Waals surface area contributed by atoms with Crippen LogP contribution in [0.1, 0.15) is 41.5 Å². The molecule has 2 nitrogen and oxygen atoms in total. The highest BCUT2D eigenvalue weighted by atomic mass is 19.2. The van der Waals surface area contributed by atoms with Crippen molar-refractivity contribution in [3.05, 3.63) is 0 Å². The summed E-state index contributed by atoms with van der Waals surface area (Å²) in [6, 6.07) is 0. The maximum atomic E-state index is 13.7. The maximum Gasteiger partial charge on any atom is 0.268 e. The minimum atomic E-state index is -1.95. The van der Waals surface area contributed by atoms with Gasteiger partial charge in [0.15, 0.2) is 0 Å². The summed E-state index contributed by atoms with van der Waals surface area (Å²) >= 11 is 0. The first kappa shape index (κ1) is 13.0. The van der Waals surface area contributed by atoms with Gasteiger partial charge in [0.2, 0.25) is 7.85 Å². The fourth-order valence-corrected chi connectivity index (χ4v) is 1.87. The third kappa shape index (κ3) is 2.94. The molecule has 1 aliphatic heterocycles. The van der Waals surface area contributed by atoms with E-state index >= 15 is 0 Å². The summed E-state index contributed by atoms with van der Waals surface area (Å²) in [5.74, 6) is -1.95. The van der Waals surface area contributed by atoms with Crippen LogP contribution in [0.5, 0.6) is 0 Å². The molecule has 0 amide bonds. The summed E-state index contributed by atoms with van der Waals surface area (Å²) in [7, 11) is 1.33. The van der Waals surface area contributed by atoms with Gasteiger partial charge in [0, 0.05) is 0 Å². The zero-order chi connectivity index (χ0) is 12.1. The van der Waals surface area contributed by atoms with E-state index in [0.29, 0.717) is 0 Å². The SMILES string of the molecule is BC1(F)OC(C(C)(C)C)C(C(C)(C)C)O1. The minimum Gasteiger partial charge on any atom is -0.326 e. The average Bonchev–Trinajstić information content (AvgIpc) is 2.23. The van der Waals surface area contributed by atoms with Crippen LogP contribution in [0.3, 0.4) is 0 Å². The Labute approximate surface area is 92.9 Å². The number of hydrogen-bond donors (Lipinski definition) is 0. The van der Waals surface area contributed by atoms with Gasteiger partial charge in [-0.3, -0.25) is 0 Å². The topological polar surface area (TPSA) is 18.5 Å². The molecule has 0 bridgehead atoms. The molecule has 2 atom stereocenters. The van der Waals surface area contributed by atoms with Gasteiger partial charge in [-0.1, -0.05) is 41.5 Å². The van der Waals surface area contributed by atoms with E-state index in [2.05, 4.69) is 0 Å². The van der Waals surface area contributed by atoms with Crippen LogP contribution in [0.25, 0.3) is 0 Å². The molecular formula is C11H22BFO2. The second-order valence-electron chi connectivity index (χ2n) is 6.64. The molecule has 0 aliphatic carbocycles. The highest BCUT2D eigenvalue weighted by Crippen LogP contribution is 2.44. The zero-order valence-corrected chi connectivity index (χ0v) is 10.8. The Morgan fingerprint density at radius 2 is 1.20 bits per heavy atom. The number of hydrogen-bond acceptors (Lipinski definition) is 2. The van der Waals surface area contributed by atoms with Crippen LogP contribution in [0.4, 0.5) is 4.39 Å². The highest BCUT2D eigenvalue weighted by molar-refractivity contribution is 6.12. The lowest BCUT2D eigenvalue weighted by atomic mass is 9.76. The van der Waals surface area contributed by atoms with E-state index in [1.54, 1.807) is 0 Å². The van der Waals surface area contributed by atoms with E-state index in [9.17, 15) is 4.39 Å². The van der Waals surface area contributed by atoms with Crippen molar-refractivity contribution in [1.29, 1.82) is 0 Å². The van der Waals surface area contributed by atoms with Crippen LogP contribution in [0, 0.1) is 10.8 Å². The summed E-state index contributed by atoms with van der Waals surface area (Å²) in [4.78, 5) is 0. The molecule has 0 aromatic heterocycles. The highest BCUT2D eigenvalue weighted by Gasteiger charge is 2.52. The molecule has 1 rings (SSSR count). The van der Waals surface area contributed by atoms with Gasteiger partial charge in [-0.05, 0) is 10.8 Å². The lowest BCUT2D eigenvalue weighted by Gasteiger charge is -2.36. The first-order valence-electron chi connectivity index (χ1n) is 5.48. The van der Waals surface area contributed by atoms with Gasteiger partial charge >= 0.3 is 0 Å². The summed E-state index contributed by atoms with van der Waals surface area (Å²) in [5.41, 5.74) is -0.246. The minimum absolute atomic E-state index is 0.123. The Bertz CT molecular complexity index is 216. The number of rotatable bonds is 0. The van der Waals surface area contributed by atoms with Crippen molar-refractivity contribution in [2.45, 2.75) is 59.7 Å². The third-order valence-electron chi connectivity index (χ3n) is 2.66. The first-order chi connectivity index (χ1) is 6.43. The molecule has 0 N–H and O–H groups in total. The summed E-state index contributed by atoms with van der Waals surface area (Å²) in [6.07, 6.45) is -0.431. The molecule has 1 heterocycles. The van der Waals surface area contributed by atoms with Gasteiger partial charge in [0.05, 0.1) is 12.2 Å². The van der Waals surface area contributed by atoms with E-state index in [-0.39, 0.29) is 23.0 Å². The lowest BCUT2D eigenvalue weighted by Crippen LogP contribution is -2.42. The Morgan fingerprint density at radius 3 is 1.40 bits per heavy atom. The van der Waals surface area contributed by atoms with E-state index in [1.165, 1.54) is 7.85 Å². The molecule has 2 unspecified atom stereocenters. The first-order valence-corrected chi connectivity index (χ1v) is 5.48. The Balaban J connectivity index is 2.95. The smallest absolute Gasteiger partial charge is 0.268 e.